The average Bonchev–Trinajstić information content (AvgIpc) is 2.49. The first-order chi connectivity index (χ1) is 9.27. The van der Waals surface area contributed by atoms with Gasteiger partial charge in [-0.2, -0.15) is 0 Å². The molecule has 1 amide bonds. The highest BCUT2D eigenvalue weighted by atomic mass is 16.1. The highest BCUT2D eigenvalue weighted by molar-refractivity contribution is 5.97. The second-order valence-electron chi connectivity index (χ2n) is 4.16. The Balaban J connectivity index is 1.81. The zero-order valence-electron chi connectivity index (χ0n) is 10.5. The number of rotatable bonds is 5. The summed E-state index contributed by atoms with van der Waals surface area (Å²) in [5.74, 6) is -0.115. The average molecular weight is 253 g/mol. The van der Waals surface area contributed by atoms with Crippen molar-refractivity contribution in [2.45, 2.75) is 6.42 Å². The second-order valence-corrected chi connectivity index (χ2v) is 4.16. The molecule has 0 aromatic heterocycles. The highest BCUT2D eigenvalue weighted by Crippen LogP contribution is 2.03. The van der Waals surface area contributed by atoms with Crippen molar-refractivity contribution in [3.63, 3.8) is 0 Å². The van der Waals surface area contributed by atoms with Gasteiger partial charge in [0.15, 0.2) is 5.78 Å². The number of amides is 1. The highest BCUT2D eigenvalue weighted by Gasteiger charge is 2.07. The molecular weight excluding hydrogens is 238 g/mol. The van der Waals surface area contributed by atoms with Gasteiger partial charge in [0.1, 0.15) is 0 Å². The monoisotopic (exact) mass is 253 g/mol. The van der Waals surface area contributed by atoms with Gasteiger partial charge >= 0.3 is 0 Å². The van der Waals surface area contributed by atoms with Crippen molar-refractivity contribution in [1.29, 1.82) is 0 Å². The Morgan fingerprint density at radius 2 is 1.32 bits per heavy atom. The Morgan fingerprint density at radius 3 is 1.89 bits per heavy atom. The van der Waals surface area contributed by atoms with Crippen molar-refractivity contribution in [3.05, 3.63) is 71.8 Å². The molecule has 19 heavy (non-hydrogen) atoms. The van der Waals surface area contributed by atoms with Gasteiger partial charge in [0.05, 0.1) is 0 Å². The fourth-order valence-corrected chi connectivity index (χ4v) is 1.75. The summed E-state index contributed by atoms with van der Waals surface area (Å²) in [6.45, 7) is 0.349. The van der Waals surface area contributed by atoms with Crippen molar-refractivity contribution >= 4 is 11.7 Å². The summed E-state index contributed by atoms with van der Waals surface area (Å²) in [6.07, 6.45) is 0.308. The van der Waals surface area contributed by atoms with Gasteiger partial charge in [0.2, 0.25) is 0 Å². The van der Waals surface area contributed by atoms with Gasteiger partial charge in [-0.05, 0) is 12.1 Å². The molecule has 0 aliphatic carbocycles. The van der Waals surface area contributed by atoms with Gasteiger partial charge in [-0.3, -0.25) is 9.59 Å². The lowest BCUT2D eigenvalue weighted by molar-refractivity contribution is 0.0940. The molecular formula is C16H15NO2. The number of carbonyl (C=O) groups is 2. The molecule has 0 fully saturated rings. The first kappa shape index (κ1) is 13.0. The standard InChI is InChI=1S/C16H15NO2/c18-15(13-7-3-1-4-8-13)11-12-17-16(19)14-9-5-2-6-10-14/h1-10H,11-12H2,(H,17,19). The van der Waals surface area contributed by atoms with Crippen LogP contribution in [0.1, 0.15) is 27.1 Å². The lowest BCUT2D eigenvalue weighted by atomic mass is 10.1. The minimum atomic E-state index is -0.151. The zero-order chi connectivity index (χ0) is 13.5. The maximum Gasteiger partial charge on any atom is 0.251 e. The van der Waals surface area contributed by atoms with Gasteiger partial charge in [-0.25, -0.2) is 0 Å². The van der Waals surface area contributed by atoms with Crippen molar-refractivity contribution in [3.8, 4) is 0 Å². The van der Waals surface area contributed by atoms with Crippen LogP contribution in [0, 0.1) is 0 Å². The minimum absolute atomic E-state index is 0.0361. The lowest BCUT2D eigenvalue weighted by Crippen LogP contribution is -2.25. The largest absolute Gasteiger partial charge is 0.352 e. The third kappa shape index (κ3) is 3.78. The van der Waals surface area contributed by atoms with E-state index in [1.807, 2.05) is 36.4 Å². The molecule has 0 bridgehead atoms. The fraction of sp³-hybridized carbons (Fsp3) is 0.125. The Labute approximate surface area is 112 Å². The molecule has 3 heteroatoms. The first-order valence-corrected chi connectivity index (χ1v) is 6.19. The van der Waals surface area contributed by atoms with E-state index in [0.717, 1.165) is 0 Å². The molecule has 0 heterocycles. The van der Waals surface area contributed by atoms with Crippen LogP contribution in [-0.4, -0.2) is 18.2 Å². The summed E-state index contributed by atoms with van der Waals surface area (Å²) in [5.41, 5.74) is 1.28. The minimum Gasteiger partial charge on any atom is -0.352 e. The van der Waals surface area contributed by atoms with Crippen molar-refractivity contribution in [2.75, 3.05) is 6.54 Å². The van der Waals surface area contributed by atoms with Crippen LogP contribution >= 0.6 is 0 Å². The molecule has 0 saturated carbocycles. The molecule has 2 rings (SSSR count). The normalized spacial score (nSPS) is 9.89. The first-order valence-electron chi connectivity index (χ1n) is 6.19. The number of Topliss-reactive ketones (excluding diaryl/α,β-unsaturated/α-hetero) is 1. The molecule has 1 N–H and O–H groups in total. The smallest absolute Gasteiger partial charge is 0.251 e. The van der Waals surface area contributed by atoms with Crippen LogP contribution in [0.4, 0.5) is 0 Å². The van der Waals surface area contributed by atoms with E-state index in [9.17, 15) is 9.59 Å². The molecule has 0 unspecified atom stereocenters. The van der Waals surface area contributed by atoms with Crippen LogP contribution in [0.5, 0.6) is 0 Å². The van der Waals surface area contributed by atoms with Gasteiger partial charge in [-0.15, -0.1) is 0 Å². The van der Waals surface area contributed by atoms with E-state index in [1.165, 1.54) is 0 Å². The van der Waals surface area contributed by atoms with E-state index in [-0.39, 0.29) is 11.7 Å². The number of benzene rings is 2. The zero-order valence-corrected chi connectivity index (χ0v) is 10.5. The molecule has 3 nitrogen and oxygen atoms in total. The number of hydrogen-bond donors (Lipinski definition) is 1. The summed E-state index contributed by atoms with van der Waals surface area (Å²) in [4.78, 5) is 23.6. The SMILES string of the molecule is O=C(CCNC(=O)c1ccccc1)c1ccccc1. The Hall–Kier alpha value is -2.42. The summed E-state index contributed by atoms with van der Waals surface area (Å²) in [7, 11) is 0. The molecule has 2 aromatic rings. The Morgan fingerprint density at radius 1 is 0.789 bits per heavy atom. The Bertz CT molecular complexity index is 498. The predicted molar refractivity (Wildman–Crippen MR) is 74.2 cm³/mol. The van der Waals surface area contributed by atoms with Crippen LogP contribution in [0.15, 0.2) is 60.7 Å². The van der Waals surface area contributed by atoms with Gasteiger partial charge in [0.25, 0.3) is 5.91 Å². The molecule has 0 radical (unpaired) electrons. The quantitative estimate of drug-likeness (QED) is 0.833. The fourth-order valence-electron chi connectivity index (χ4n) is 1.75. The topological polar surface area (TPSA) is 46.2 Å². The molecule has 0 spiro atoms. The van der Waals surface area contributed by atoms with E-state index in [4.69, 9.17) is 0 Å². The van der Waals surface area contributed by atoms with Gasteiger partial charge in [0, 0.05) is 24.1 Å². The number of ketones is 1. The maximum atomic E-state index is 11.8. The summed E-state index contributed by atoms with van der Waals surface area (Å²) < 4.78 is 0. The molecule has 0 saturated heterocycles. The van der Waals surface area contributed by atoms with Crippen LogP contribution in [-0.2, 0) is 0 Å². The predicted octanol–water partition coefficient (Wildman–Crippen LogP) is 2.69. The van der Waals surface area contributed by atoms with E-state index in [2.05, 4.69) is 5.32 Å². The summed E-state index contributed by atoms with van der Waals surface area (Å²) in [6, 6.07) is 18.1. The van der Waals surface area contributed by atoms with E-state index < -0.39 is 0 Å². The van der Waals surface area contributed by atoms with Crippen LogP contribution in [0.25, 0.3) is 0 Å². The van der Waals surface area contributed by atoms with Crippen LogP contribution < -0.4 is 5.32 Å². The molecule has 0 aliphatic rings. The third-order valence-corrected chi connectivity index (χ3v) is 2.77. The molecule has 96 valence electrons. The van der Waals surface area contributed by atoms with Crippen LogP contribution in [0.3, 0.4) is 0 Å². The van der Waals surface area contributed by atoms with E-state index >= 15 is 0 Å². The van der Waals surface area contributed by atoms with Crippen LogP contribution in [0.2, 0.25) is 0 Å². The summed E-state index contributed by atoms with van der Waals surface area (Å²) in [5, 5.41) is 2.74. The molecule has 2 aromatic carbocycles. The maximum absolute atomic E-state index is 11.8. The lowest BCUT2D eigenvalue weighted by Gasteiger charge is -2.04. The van der Waals surface area contributed by atoms with Crippen molar-refractivity contribution in [1.82, 2.24) is 5.32 Å². The van der Waals surface area contributed by atoms with Crippen molar-refractivity contribution in [2.24, 2.45) is 0 Å². The van der Waals surface area contributed by atoms with Crippen molar-refractivity contribution < 1.29 is 9.59 Å². The molecule has 0 atom stereocenters. The van der Waals surface area contributed by atoms with E-state index in [1.54, 1.807) is 24.3 Å². The van der Waals surface area contributed by atoms with Gasteiger partial charge < -0.3 is 5.32 Å². The molecule has 0 aliphatic heterocycles. The summed E-state index contributed by atoms with van der Waals surface area (Å²) >= 11 is 0. The second kappa shape index (κ2) is 6.50. The van der Waals surface area contributed by atoms with Gasteiger partial charge in [-0.1, -0.05) is 48.5 Å². The number of hydrogen-bond acceptors (Lipinski definition) is 2. The Kier molecular flexibility index (Phi) is 4.45. The third-order valence-electron chi connectivity index (χ3n) is 2.77. The van der Waals surface area contributed by atoms with E-state index in [0.29, 0.717) is 24.1 Å². The number of nitrogens with one attached hydrogen (secondary N) is 1. The number of carbonyl (C=O) groups excluding carboxylic acids is 2.